The van der Waals surface area contributed by atoms with Crippen LogP contribution in [0.3, 0.4) is 0 Å². The van der Waals surface area contributed by atoms with Crippen LogP contribution < -0.4 is 20.5 Å². The van der Waals surface area contributed by atoms with E-state index in [2.05, 4.69) is 11.4 Å². The van der Waals surface area contributed by atoms with E-state index in [1.54, 1.807) is 0 Å². The van der Waals surface area contributed by atoms with Crippen LogP contribution in [0, 0.1) is 5.92 Å². The Bertz CT molecular complexity index is 416. The van der Waals surface area contributed by atoms with E-state index < -0.39 is 0 Å². The van der Waals surface area contributed by atoms with Crippen molar-refractivity contribution >= 4 is 0 Å². The second kappa shape index (κ2) is 5.16. The number of nitrogens with two attached hydrogens (primary N) is 1. The Morgan fingerprint density at radius 2 is 1.83 bits per heavy atom. The summed E-state index contributed by atoms with van der Waals surface area (Å²) in [6.45, 7) is 3.40. The van der Waals surface area contributed by atoms with Gasteiger partial charge in [-0.1, -0.05) is 6.07 Å². The fourth-order valence-electron chi connectivity index (χ4n) is 2.74. The van der Waals surface area contributed by atoms with E-state index in [9.17, 15) is 0 Å². The molecule has 1 saturated heterocycles. The minimum Gasteiger partial charge on any atom is -0.486 e. The minimum absolute atomic E-state index is 0.0999. The van der Waals surface area contributed by atoms with Gasteiger partial charge in [0.2, 0.25) is 0 Å². The zero-order chi connectivity index (χ0) is 12.4. The van der Waals surface area contributed by atoms with Crippen molar-refractivity contribution < 1.29 is 9.47 Å². The van der Waals surface area contributed by atoms with Crippen LogP contribution in [-0.2, 0) is 0 Å². The van der Waals surface area contributed by atoms with Gasteiger partial charge in [-0.2, -0.15) is 0 Å². The van der Waals surface area contributed by atoms with Crippen molar-refractivity contribution in [2.75, 3.05) is 26.3 Å². The summed E-state index contributed by atoms with van der Waals surface area (Å²) in [6.07, 6.45) is 2.30. The van der Waals surface area contributed by atoms with Crippen LogP contribution in [0.4, 0.5) is 0 Å². The molecule has 3 rings (SSSR count). The molecule has 2 heterocycles. The topological polar surface area (TPSA) is 56.5 Å². The van der Waals surface area contributed by atoms with Crippen molar-refractivity contribution in [3.8, 4) is 11.5 Å². The molecule has 0 amide bonds. The van der Waals surface area contributed by atoms with Gasteiger partial charge < -0.3 is 20.5 Å². The van der Waals surface area contributed by atoms with E-state index >= 15 is 0 Å². The third-order valence-corrected chi connectivity index (χ3v) is 3.84. The van der Waals surface area contributed by atoms with E-state index in [4.69, 9.17) is 15.2 Å². The SMILES string of the molecule is NC(c1ccc2c(c1)OCCO2)C1CCNCC1. The Morgan fingerprint density at radius 1 is 1.11 bits per heavy atom. The van der Waals surface area contributed by atoms with E-state index in [1.165, 1.54) is 0 Å². The Balaban J connectivity index is 1.78. The lowest BCUT2D eigenvalue weighted by atomic mass is 9.86. The quantitative estimate of drug-likeness (QED) is 0.832. The maximum absolute atomic E-state index is 6.38. The van der Waals surface area contributed by atoms with Gasteiger partial charge in [-0.3, -0.25) is 0 Å². The molecule has 1 atom stereocenters. The number of fused-ring (bicyclic) bond motifs is 1. The third-order valence-electron chi connectivity index (χ3n) is 3.84. The molecule has 0 aliphatic carbocycles. The highest BCUT2D eigenvalue weighted by atomic mass is 16.6. The Hall–Kier alpha value is -1.26. The number of hydrogen-bond acceptors (Lipinski definition) is 4. The number of nitrogens with one attached hydrogen (secondary N) is 1. The van der Waals surface area contributed by atoms with E-state index in [0.29, 0.717) is 19.1 Å². The van der Waals surface area contributed by atoms with Gasteiger partial charge in [0.05, 0.1) is 0 Å². The zero-order valence-electron chi connectivity index (χ0n) is 10.5. The predicted octanol–water partition coefficient (Wildman–Crippen LogP) is 1.46. The monoisotopic (exact) mass is 248 g/mol. The van der Waals surface area contributed by atoms with E-state index in [0.717, 1.165) is 43.0 Å². The minimum atomic E-state index is 0.0999. The molecule has 3 N–H and O–H groups in total. The summed E-state index contributed by atoms with van der Waals surface area (Å²) >= 11 is 0. The van der Waals surface area contributed by atoms with Gasteiger partial charge >= 0.3 is 0 Å². The van der Waals surface area contributed by atoms with Gasteiger partial charge in [0.1, 0.15) is 13.2 Å². The molecule has 18 heavy (non-hydrogen) atoms. The first-order chi connectivity index (χ1) is 8.84. The van der Waals surface area contributed by atoms with Gasteiger partial charge in [0, 0.05) is 6.04 Å². The number of piperidine rings is 1. The average Bonchev–Trinajstić information content (AvgIpc) is 2.47. The van der Waals surface area contributed by atoms with Crippen molar-refractivity contribution in [3.05, 3.63) is 23.8 Å². The third kappa shape index (κ3) is 2.31. The lowest BCUT2D eigenvalue weighted by Crippen LogP contribution is -2.33. The molecule has 4 nitrogen and oxygen atoms in total. The predicted molar refractivity (Wildman–Crippen MR) is 70.0 cm³/mol. The first kappa shape index (κ1) is 11.8. The van der Waals surface area contributed by atoms with Crippen molar-refractivity contribution in [1.82, 2.24) is 5.32 Å². The summed E-state index contributed by atoms with van der Waals surface area (Å²) in [5, 5.41) is 3.37. The first-order valence-electron chi connectivity index (χ1n) is 6.70. The number of hydrogen-bond donors (Lipinski definition) is 2. The average molecular weight is 248 g/mol. The van der Waals surface area contributed by atoms with Crippen LogP contribution in [0.5, 0.6) is 11.5 Å². The van der Waals surface area contributed by atoms with Crippen LogP contribution in [0.1, 0.15) is 24.4 Å². The number of ether oxygens (including phenoxy) is 2. The number of rotatable bonds is 2. The lowest BCUT2D eigenvalue weighted by molar-refractivity contribution is 0.171. The van der Waals surface area contributed by atoms with Gasteiger partial charge in [-0.15, -0.1) is 0 Å². The van der Waals surface area contributed by atoms with Crippen LogP contribution in [0.25, 0.3) is 0 Å². The fraction of sp³-hybridized carbons (Fsp3) is 0.571. The Kier molecular flexibility index (Phi) is 3.39. The van der Waals surface area contributed by atoms with Crippen molar-refractivity contribution in [3.63, 3.8) is 0 Å². The molecular weight excluding hydrogens is 228 g/mol. The molecule has 1 aromatic rings. The van der Waals surface area contributed by atoms with Crippen LogP contribution in [0.2, 0.25) is 0 Å². The largest absolute Gasteiger partial charge is 0.486 e. The van der Waals surface area contributed by atoms with Crippen LogP contribution in [0.15, 0.2) is 18.2 Å². The number of benzene rings is 1. The van der Waals surface area contributed by atoms with E-state index in [-0.39, 0.29) is 6.04 Å². The van der Waals surface area contributed by atoms with Gasteiger partial charge in [-0.05, 0) is 49.5 Å². The maximum atomic E-state index is 6.38. The zero-order valence-corrected chi connectivity index (χ0v) is 10.5. The lowest BCUT2D eigenvalue weighted by Gasteiger charge is -2.29. The summed E-state index contributed by atoms with van der Waals surface area (Å²) in [4.78, 5) is 0. The summed E-state index contributed by atoms with van der Waals surface area (Å²) in [7, 11) is 0. The Morgan fingerprint density at radius 3 is 2.61 bits per heavy atom. The molecule has 0 saturated carbocycles. The molecule has 0 bridgehead atoms. The van der Waals surface area contributed by atoms with E-state index in [1.807, 2.05) is 12.1 Å². The van der Waals surface area contributed by atoms with Gasteiger partial charge in [-0.25, -0.2) is 0 Å². The highest BCUT2D eigenvalue weighted by molar-refractivity contribution is 5.44. The molecule has 0 spiro atoms. The molecule has 0 radical (unpaired) electrons. The second-order valence-electron chi connectivity index (χ2n) is 5.02. The van der Waals surface area contributed by atoms with Crippen molar-refractivity contribution in [1.29, 1.82) is 0 Å². The summed E-state index contributed by atoms with van der Waals surface area (Å²) in [5.74, 6) is 2.24. The molecule has 0 aromatic heterocycles. The maximum Gasteiger partial charge on any atom is 0.161 e. The smallest absolute Gasteiger partial charge is 0.161 e. The van der Waals surface area contributed by atoms with Crippen molar-refractivity contribution in [2.24, 2.45) is 11.7 Å². The molecule has 2 aliphatic rings. The molecule has 1 aromatic carbocycles. The molecule has 1 unspecified atom stereocenters. The molecule has 98 valence electrons. The normalized spacial score (nSPS) is 21.6. The highest BCUT2D eigenvalue weighted by Crippen LogP contribution is 2.35. The van der Waals surface area contributed by atoms with Gasteiger partial charge in [0.15, 0.2) is 11.5 Å². The summed E-state index contributed by atoms with van der Waals surface area (Å²) in [5.41, 5.74) is 7.54. The molecule has 1 fully saturated rings. The first-order valence-corrected chi connectivity index (χ1v) is 6.70. The fourth-order valence-corrected chi connectivity index (χ4v) is 2.74. The Labute approximate surface area is 107 Å². The molecule has 4 heteroatoms. The van der Waals surface area contributed by atoms with Crippen molar-refractivity contribution in [2.45, 2.75) is 18.9 Å². The summed E-state index contributed by atoms with van der Waals surface area (Å²) < 4.78 is 11.1. The highest BCUT2D eigenvalue weighted by Gasteiger charge is 2.23. The van der Waals surface area contributed by atoms with Gasteiger partial charge in [0.25, 0.3) is 0 Å². The second-order valence-corrected chi connectivity index (χ2v) is 5.02. The molecular formula is C14H20N2O2. The molecule has 2 aliphatic heterocycles. The van der Waals surface area contributed by atoms with Crippen LogP contribution in [-0.4, -0.2) is 26.3 Å². The standard InChI is InChI=1S/C14H20N2O2/c15-14(10-3-5-16-6-4-10)11-1-2-12-13(9-11)18-8-7-17-12/h1-2,9-10,14,16H,3-8,15H2. The summed E-state index contributed by atoms with van der Waals surface area (Å²) in [6, 6.07) is 6.19. The van der Waals surface area contributed by atoms with Crippen LogP contribution >= 0.6 is 0 Å².